The van der Waals surface area contributed by atoms with Crippen molar-refractivity contribution in [3.63, 3.8) is 0 Å². The Labute approximate surface area is 186 Å². The van der Waals surface area contributed by atoms with Crippen LogP contribution in [0.25, 0.3) is 32.9 Å². The van der Waals surface area contributed by atoms with Gasteiger partial charge in [0, 0.05) is 46.4 Å². The van der Waals surface area contributed by atoms with Gasteiger partial charge in [0.2, 0.25) is 0 Å². The summed E-state index contributed by atoms with van der Waals surface area (Å²) in [5.41, 5.74) is 7.34. The number of hydrogen-bond acceptors (Lipinski definition) is 8. The van der Waals surface area contributed by atoms with Crippen LogP contribution in [-0.4, -0.2) is 41.8 Å². The second-order valence-corrected chi connectivity index (χ2v) is 9.19. The van der Waals surface area contributed by atoms with E-state index >= 15 is 0 Å². The molecular formula is C23H16N8S. The lowest BCUT2D eigenvalue weighted by atomic mass is 9.97. The molecule has 2 unspecified atom stereocenters. The molecule has 1 fully saturated rings. The summed E-state index contributed by atoms with van der Waals surface area (Å²) in [6.07, 6.45) is 8.86. The first-order chi connectivity index (χ1) is 15.7. The molecule has 5 aromatic heterocycles. The van der Waals surface area contributed by atoms with E-state index in [2.05, 4.69) is 55.4 Å². The largest absolute Gasteiger partial charge is 0.337 e. The lowest BCUT2D eigenvalue weighted by Crippen LogP contribution is -2.15. The molecule has 2 N–H and O–H groups in total. The lowest BCUT2D eigenvalue weighted by molar-refractivity contribution is 0.949. The maximum Gasteiger partial charge on any atom is 0.157 e. The van der Waals surface area contributed by atoms with Gasteiger partial charge in [-0.15, -0.1) is 11.3 Å². The number of aliphatic imine (C=N–C) groups is 1. The van der Waals surface area contributed by atoms with Crippen molar-refractivity contribution in [2.45, 2.75) is 19.1 Å². The number of nitrogens with one attached hydrogen (secondary N) is 2. The van der Waals surface area contributed by atoms with Gasteiger partial charge in [-0.1, -0.05) is 0 Å². The van der Waals surface area contributed by atoms with Crippen LogP contribution in [-0.2, 0) is 0 Å². The molecule has 7 rings (SSSR count). The molecule has 2 aliphatic heterocycles. The van der Waals surface area contributed by atoms with E-state index in [1.807, 2.05) is 18.5 Å². The number of thiophene rings is 1. The van der Waals surface area contributed by atoms with Crippen molar-refractivity contribution in [2.75, 3.05) is 0 Å². The minimum atomic E-state index is 0.0657. The number of H-pyrrole nitrogens is 1. The molecule has 0 aromatic carbocycles. The highest BCUT2D eigenvalue weighted by molar-refractivity contribution is 7.15. The Kier molecular flexibility index (Phi) is 3.67. The minimum absolute atomic E-state index is 0.0657. The summed E-state index contributed by atoms with van der Waals surface area (Å²) < 4.78 is 0. The third-order valence-electron chi connectivity index (χ3n) is 5.81. The minimum Gasteiger partial charge on any atom is -0.337 e. The first-order valence-electron chi connectivity index (χ1n) is 10.3. The molecule has 1 saturated heterocycles. The van der Waals surface area contributed by atoms with Crippen molar-refractivity contribution >= 4 is 28.1 Å². The topological polar surface area (TPSA) is 115 Å². The Morgan fingerprint density at radius 2 is 1.94 bits per heavy atom. The number of aryl methyl sites for hydroxylation is 1. The molecule has 0 radical (unpaired) electrons. The van der Waals surface area contributed by atoms with Crippen molar-refractivity contribution < 1.29 is 0 Å². The van der Waals surface area contributed by atoms with E-state index in [-0.39, 0.29) is 12.2 Å². The van der Waals surface area contributed by atoms with Gasteiger partial charge in [-0.25, -0.2) is 15.0 Å². The van der Waals surface area contributed by atoms with Gasteiger partial charge in [0.1, 0.15) is 29.4 Å². The number of imidazole rings is 1. The standard InChI is InChI=1S/C23H16N8S/c1-11-2-3-17(32-11)21-20-15(4-5-26-21)28-22(31-20)18-13-6-16(12-7-24-10-25-8-12)27-9-14(13)19-23(29-18)30-19/h2-10,19,23,30H,1H3,(H,28,31). The van der Waals surface area contributed by atoms with E-state index in [9.17, 15) is 0 Å². The Hall–Kier alpha value is -3.82. The fourth-order valence-electron chi connectivity index (χ4n) is 4.20. The molecule has 0 saturated carbocycles. The summed E-state index contributed by atoms with van der Waals surface area (Å²) >= 11 is 1.72. The molecule has 2 atom stereocenters. The zero-order valence-electron chi connectivity index (χ0n) is 16.9. The number of hydrogen-bond donors (Lipinski definition) is 2. The molecule has 154 valence electrons. The maximum atomic E-state index is 4.96. The van der Waals surface area contributed by atoms with E-state index in [0.717, 1.165) is 55.5 Å². The number of aromatic amines is 1. The predicted octanol–water partition coefficient (Wildman–Crippen LogP) is 3.67. The van der Waals surface area contributed by atoms with Gasteiger partial charge in [-0.3, -0.25) is 20.3 Å². The Balaban J connectivity index is 1.39. The van der Waals surface area contributed by atoms with E-state index in [0.29, 0.717) is 0 Å². The van der Waals surface area contributed by atoms with E-state index < -0.39 is 0 Å². The second-order valence-electron chi connectivity index (χ2n) is 7.90. The van der Waals surface area contributed by atoms with Crippen LogP contribution in [0.3, 0.4) is 0 Å². The first-order valence-corrected chi connectivity index (χ1v) is 11.1. The van der Waals surface area contributed by atoms with Crippen LogP contribution in [0.5, 0.6) is 0 Å². The summed E-state index contributed by atoms with van der Waals surface area (Å²) in [5, 5.41) is 3.41. The molecule has 5 aromatic rings. The lowest BCUT2D eigenvalue weighted by Gasteiger charge is -2.14. The van der Waals surface area contributed by atoms with Crippen LogP contribution in [0.4, 0.5) is 0 Å². The summed E-state index contributed by atoms with van der Waals surface area (Å²) in [4.78, 5) is 33.2. The van der Waals surface area contributed by atoms with Gasteiger partial charge in [0.05, 0.1) is 22.1 Å². The van der Waals surface area contributed by atoms with Crippen LogP contribution in [0.2, 0.25) is 0 Å². The van der Waals surface area contributed by atoms with E-state index in [1.165, 1.54) is 11.2 Å². The molecule has 0 aliphatic carbocycles. The van der Waals surface area contributed by atoms with Gasteiger partial charge in [0.25, 0.3) is 0 Å². The van der Waals surface area contributed by atoms with Crippen molar-refractivity contribution in [3.8, 4) is 21.8 Å². The Bertz CT molecular complexity index is 1530. The summed E-state index contributed by atoms with van der Waals surface area (Å²) in [5.74, 6) is 0.734. The van der Waals surface area contributed by atoms with Crippen LogP contribution in [0.1, 0.15) is 27.9 Å². The number of pyridine rings is 2. The van der Waals surface area contributed by atoms with Gasteiger partial charge < -0.3 is 4.98 Å². The molecule has 2 aliphatic rings. The van der Waals surface area contributed by atoms with Crippen LogP contribution in [0, 0.1) is 6.92 Å². The summed E-state index contributed by atoms with van der Waals surface area (Å²) in [7, 11) is 0. The van der Waals surface area contributed by atoms with Crippen molar-refractivity contribution in [2.24, 2.45) is 4.99 Å². The fourth-order valence-corrected chi connectivity index (χ4v) is 5.06. The normalized spacial score (nSPS) is 18.8. The third kappa shape index (κ3) is 2.72. The smallest absolute Gasteiger partial charge is 0.157 e. The molecule has 8 nitrogen and oxygen atoms in total. The van der Waals surface area contributed by atoms with Gasteiger partial charge in [-0.05, 0) is 31.2 Å². The van der Waals surface area contributed by atoms with E-state index in [4.69, 9.17) is 9.98 Å². The highest BCUT2D eigenvalue weighted by Gasteiger charge is 2.44. The van der Waals surface area contributed by atoms with Crippen LogP contribution in [0.15, 0.2) is 60.4 Å². The average molecular weight is 437 g/mol. The highest BCUT2D eigenvalue weighted by Crippen LogP contribution is 2.39. The van der Waals surface area contributed by atoms with Crippen LogP contribution < -0.4 is 5.32 Å². The monoisotopic (exact) mass is 436 g/mol. The third-order valence-corrected chi connectivity index (χ3v) is 6.81. The van der Waals surface area contributed by atoms with Crippen molar-refractivity contribution in [1.29, 1.82) is 0 Å². The van der Waals surface area contributed by atoms with Crippen molar-refractivity contribution in [3.05, 3.63) is 77.2 Å². The zero-order valence-corrected chi connectivity index (χ0v) is 17.8. The Morgan fingerprint density at radius 3 is 2.78 bits per heavy atom. The molecule has 9 heteroatoms. The van der Waals surface area contributed by atoms with Crippen molar-refractivity contribution in [1.82, 2.24) is 35.2 Å². The second kappa shape index (κ2) is 6.59. The van der Waals surface area contributed by atoms with Crippen LogP contribution >= 0.6 is 11.3 Å². The van der Waals surface area contributed by atoms with E-state index in [1.54, 1.807) is 23.7 Å². The number of rotatable bonds is 3. The summed E-state index contributed by atoms with van der Waals surface area (Å²) in [6.45, 7) is 2.10. The predicted molar refractivity (Wildman–Crippen MR) is 123 cm³/mol. The molecule has 7 heterocycles. The van der Waals surface area contributed by atoms with Gasteiger partial charge in [0.15, 0.2) is 5.82 Å². The number of fused-ring (bicyclic) bond motifs is 4. The number of nitrogens with zero attached hydrogens (tertiary/aromatic N) is 6. The SMILES string of the molecule is Cc1ccc(-c2nccc3[nH]c(C4=NC5NC5c5cnc(-c6cncnc6)cc54)nc23)s1. The molecular weight excluding hydrogens is 420 g/mol. The maximum absolute atomic E-state index is 4.96. The molecule has 0 amide bonds. The van der Waals surface area contributed by atoms with Gasteiger partial charge in [-0.2, -0.15) is 0 Å². The Morgan fingerprint density at radius 1 is 1.03 bits per heavy atom. The quantitative estimate of drug-likeness (QED) is 0.417. The average Bonchev–Trinajstić information content (AvgIpc) is 3.28. The summed E-state index contributed by atoms with van der Waals surface area (Å²) in [6, 6.07) is 8.42. The highest BCUT2D eigenvalue weighted by atomic mass is 32.1. The van der Waals surface area contributed by atoms with Gasteiger partial charge >= 0.3 is 0 Å². The molecule has 0 spiro atoms. The molecule has 0 bridgehead atoms. The fraction of sp³-hybridized carbons (Fsp3) is 0.130. The zero-order chi connectivity index (χ0) is 21.2. The molecule has 32 heavy (non-hydrogen) atoms. The number of aromatic nitrogens is 6. The first kappa shape index (κ1) is 17.8.